The molecule has 16 heavy (non-hydrogen) atoms. The summed E-state index contributed by atoms with van der Waals surface area (Å²) in [6.07, 6.45) is 0. The monoisotopic (exact) mass is 227 g/mol. The van der Waals surface area contributed by atoms with Crippen LogP contribution in [0.3, 0.4) is 0 Å². The van der Waals surface area contributed by atoms with Crippen molar-refractivity contribution in [1.29, 1.82) is 0 Å². The number of anilines is 1. The van der Waals surface area contributed by atoms with E-state index in [4.69, 9.17) is 19.3 Å². The number of hydrogen-bond donors (Lipinski definition) is 2. The predicted molar refractivity (Wildman–Crippen MR) is 61.7 cm³/mol. The van der Waals surface area contributed by atoms with E-state index in [1.807, 2.05) is 0 Å². The quantitative estimate of drug-likeness (QED) is 0.762. The van der Waals surface area contributed by atoms with Gasteiger partial charge in [0.05, 0.1) is 27.9 Å². The van der Waals surface area contributed by atoms with E-state index in [9.17, 15) is 0 Å². The fourth-order valence-electron chi connectivity index (χ4n) is 1.38. The van der Waals surface area contributed by atoms with Crippen molar-refractivity contribution in [3.05, 3.63) is 12.1 Å². The number of aliphatic hydroxyl groups excluding tert-OH is 1. The Hall–Kier alpha value is -1.62. The van der Waals surface area contributed by atoms with Crippen LogP contribution in [-0.4, -0.2) is 39.6 Å². The first kappa shape index (κ1) is 12.4. The first-order chi connectivity index (χ1) is 7.76. The van der Waals surface area contributed by atoms with Gasteiger partial charge in [0.2, 0.25) is 5.75 Å². The molecular weight excluding hydrogens is 210 g/mol. The lowest BCUT2D eigenvalue weighted by molar-refractivity contribution is 0.310. The van der Waals surface area contributed by atoms with Crippen LogP contribution in [0.25, 0.3) is 0 Å². The lowest BCUT2D eigenvalue weighted by Crippen LogP contribution is -2.06. The highest BCUT2D eigenvalue weighted by Gasteiger charge is 2.12. The number of methoxy groups -OCH3 is 3. The normalized spacial score (nSPS) is 9.75. The van der Waals surface area contributed by atoms with Crippen molar-refractivity contribution in [1.82, 2.24) is 0 Å². The molecule has 5 heteroatoms. The molecule has 5 nitrogen and oxygen atoms in total. The topological polar surface area (TPSA) is 60.0 Å². The van der Waals surface area contributed by atoms with Crippen molar-refractivity contribution < 1.29 is 19.3 Å². The van der Waals surface area contributed by atoms with Gasteiger partial charge in [-0.1, -0.05) is 0 Å². The molecule has 0 aliphatic carbocycles. The van der Waals surface area contributed by atoms with Crippen molar-refractivity contribution in [3.63, 3.8) is 0 Å². The summed E-state index contributed by atoms with van der Waals surface area (Å²) < 4.78 is 15.6. The Morgan fingerprint density at radius 1 is 1.06 bits per heavy atom. The van der Waals surface area contributed by atoms with Gasteiger partial charge >= 0.3 is 0 Å². The summed E-state index contributed by atoms with van der Waals surface area (Å²) in [6.45, 7) is 0.537. The number of hydrogen-bond acceptors (Lipinski definition) is 5. The Balaban J connectivity index is 3.05. The van der Waals surface area contributed by atoms with Crippen LogP contribution >= 0.6 is 0 Å². The van der Waals surface area contributed by atoms with Gasteiger partial charge in [-0.05, 0) is 0 Å². The first-order valence-corrected chi connectivity index (χ1v) is 4.91. The predicted octanol–water partition coefficient (Wildman–Crippen LogP) is 1.12. The average Bonchev–Trinajstić information content (AvgIpc) is 2.34. The molecule has 0 bridgehead atoms. The molecule has 90 valence electrons. The van der Waals surface area contributed by atoms with Gasteiger partial charge in [0.1, 0.15) is 0 Å². The molecule has 0 aromatic heterocycles. The number of benzene rings is 1. The van der Waals surface area contributed by atoms with Gasteiger partial charge in [0, 0.05) is 24.4 Å². The second-order valence-electron chi connectivity index (χ2n) is 3.06. The Labute approximate surface area is 94.9 Å². The summed E-state index contributed by atoms with van der Waals surface area (Å²) >= 11 is 0. The SMILES string of the molecule is COc1cc(NCCO)cc(OC)c1OC. The molecule has 0 amide bonds. The van der Waals surface area contributed by atoms with Gasteiger partial charge in [0.15, 0.2) is 11.5 Å². The Bertz CT molecular complexity index is 316. The number of aliphatic hydroxyl groups is 1. The van der Waals surface area contributed by atoms with Gasteiger partial charge in [-0.2, -0.15) is 0 Å². The molecule has 0 fully saturated rings. The minimum Gasteiger partial charge on any atom is -0.493 e. The van der Waals surface area contributed by atoms with Crippen LogP contribution in [0.5, 0.6) is 17.2 Å². The zero-order valence-electron chi connectivity index (χ0n) is 9.74. The van der Waals surface area contributed by atoms with Gasteiger partial charge in [-0.25, -0.2) is 0 Å². The largest absolute Gasteiger partial charge is 0.493 e. The molecule has 0 spiro atoms. The molecule has 0 radical (unpaired) electrons. The summed E-state index contributed by atoms with van der Waals surface area (Å²) in [5.74, 6) is 1.73. The van der Waals surface area contributed by atoms with Crippen LogP contribution in [0.4, 0.5) is 5.69 Å². The van der Waals surface area contributed by atoms with Gasteiger partial charge < -0.3 is 24.6 Å². The fraction of sp³-hybridized carbons (Fsp3) is 0.455. The maximum atomic E-state index is 8.73. The van der Waals surface area contributed by atoms with E-state index in [-0.39, 0.29) is 6.61 Å². The smallest absolute Gasteiger partial charge is 0.203 e. The van der Waals surface area contributed by atoms with Crippen LogP contribution in [-0.2, 0) is 0 Å². The third-order valence-corrected chi connectivity index (χ3v) is 2.11. The highest BCUT2D eigenvalue weighted by atomic mass is 16.5. The standard InChI is InChI=1S/C11H17NO4/c1-14-9-6-8(12-4-5-13)7-10(15-2)11(9)16-3/h6-7,12-13H,4-5H2,1-3H3. The molecule has 0 unspecified atom stereocenters. The van der Waals surface area contributed by atoms with E-state index >= 15 is 0 Å². The lowest BCUT2D eigenvalue weighted by Gasteiger charge is -2.14. The van der Waals surface area contributed by atoms with Crippen molar-refractivity contribution >= 4 is 5.69 Å². The number of ether oxygens (including phenoxy) is 3. The third-order valence-electron chi connectivity index (χ3n) is 2.11. The molecule has 0 saturated heterocycles. The summed E-state index contributed by atoms with van der Waals surface area (Å²) in [4.78, 5) is 0. The van der Waals surface area contributed by atoms with Crippen LogP contribution in [0.2, 0.25) is 0 Å². The molecule has 0 aliphatic rings. The zero-order valence-corrected chi connectivity index (χ0v) is 9.74. The Kier molecular flexibility index (Phi) is 4.72. The van der Waals surface area contributed by atoms with Gasteiger partial charge in [-0.3, -0.25) is 0 Å². The van der Waals surface area contributed by atoms with Crippen molar-refractivity contribution in [2.45, 2.75) is 0 Å². The van der Waals surface area contributed by atoms with Crippen LogP contribution in [0, 0.1) is 0 Å². The zero-order chi connectivity index (χ0) is 12.0. The highest BCUT2D eigenvalue weighted by molar-refractivity contribution is 5.62. The van der Waals surface area contributed by atoms with E-state index in [0.717, 1.165) is 5.69 Å². The van der Waals surface area contributed by atoms with Gasteiger partial charge in [0.25, 0.3) is 0 Å². The fourth-order valence-corrected chi connectivity index (χ4v) is 1.38. The Morgan fingerprint density at radius 2 is 1.62 bits per heavy atom. The van der Waals surface area contributed by atoms with Crippen molar-refractivity contribution in [2.75, 3.05) is 39.8 Å². The molecule has 2 N–H and O–H groups in total. The van der Waals surface area contributed by atoms with Crippen LogP contribution in [0.15, 0.2) is 12.1 Å². The summed E-state index contributed by atoms with van der Waals surface area (Å²) in [5, 5.41) is 11.8. The van der Waals surface area contributed by atoms with Crippen LogP contribution < -0.4 is 19.5 Å². The summed E-state index contributed by atoms with van der Waals surface area (Å²) in [7, 11) is 4.68. The van der Waals surface area contributed by atoms with E-state index in [1.165, 1.54) is 0 Å². The summed E-state index contributed by atoms with van der Waals surface area (Å²) in [5.41, 5.74) is 0.809. The van der Waals surface area contributed by atoms with Crippen molar-refractivity contribution in [3.8, 4) is 17.2 Å². The Morgan fingerprint density at radius 3 is 2.00 bits per heavy atom. The van der Waals surface area contributed by atoms with E-state index < -0.39 is 0 Å². The molecule has 1 aromatic carbocycles. The number of nitrogens with one attached hydrogen (secondary N) is 1. The van der Waals surface area contributed by atoms with E-state index in [2.05, 4.69) is 5.32 Å². The molecule has 1 rings (SSSR count). The second-order valence-corrected chi connectivity index (χ2v) is 3.06. The van der Waals surface area contributed by atoms with Gasteiger partial charge in [-0.15, -0.1) is 0 Å². The average molecular weight is 227 g/mol. The lowest BCUT2D eigenvalue weighted by atomic mass is 10.2. The molecule has 0 aliphatic heterocycles. The minimum absolute atomic E-state index is 0.0661. The van der Waals surface area contributed by atoms with Crippen molar-refractivity contribution in [2.24, 2.45) is 0 Å². The molecule has 1 aromatic rings. The maximum absolute atomic E-state index is 8.73. The second kappa shape index (κ2) is 6.07. The molecule has 0 heterocycles. The minimum atomic E-state index is 0.0661. The van der Waals surface area contributed by atoms with Crippen LogP contribution in [0.1, 0.15) is 0 Å². The summed E-state index contributed by atoms with van der Waals surface area (Å²) in [6, 6.07) is 3.58. The molecule has 0 atom stereocenters. The molecular formula is C11H17NO4. The van der Waals surface area contributed by atoms with E-state index in [0.29, 0.717) is 23.8 Å². The first-order valence-electron chi connectivity index (χ1n) is 4.91. The maximum Gasteiger partial charge on any atom is 0.203 e. The van der Waals surface area contributed by atoms with E-state index in [1.54, 1.807) is 33.5 Å². The molecule has 0 saturated carbocycles. The number of rotatable bonds is 6. The third kappa shape index (κ3) is 2.70. The highest BCUT2D eigenvalue weighted by Crippen LogP contribution is 2.39.